The Balaban J connectivity index is 2.93. The fourth-order valence-corrected chi connectivity index (χ4v) is 1.75. The van der Waals surface area contributed by atoms with E-state index in [0.717, 1.165) is 28.3 Å². The predicted octanol–water partition coefficient (Wildman–Crippen LogP) is 1.81. The highest BCUT2D eigenvalue weighted by atomic mass is 35.5. The molecule has 0 unspecified atom stereocenters. The van der Waals surface area contributed by atoms with Crippen LogP contribution in [0.2, 0.25) is 11.1 Å². The molecule has 0 saturated carbocycles. The van der Waals surface area contributed by atoms with Gasteiger partial charge in [0.1, 0.15) is 5.82 Å². The number of hydrogen-bond acceptors (Lipinski definition) is 0. The molecule has 0 atom stereocenters. The van der Waals surface area contributed by atoms with Gasteiger partial charge in [0.05, 0.1) is 0 Å². The summed E-state index contributed by atoms with van der Waals surface area (Å²) in [5, 5.41) is 0.683. The molecule has 3 heteroatoms. The van der Waals surface area contributed by atoms with Crippen molar-refractivity contribution in [1.29, 1.82) is 0 Å². The first-order valence-corrected chi connectivity index (χ1v) is 5.47. The Morgan fingerprint density at radius 1 is 1.45 bits per heavy atom. The molecule has 60 valence electrons. The summed E-state index contributed by atoms with van der Waals surface area (Å²) in [6.45, 7) is 0. The summed E-state index contributed by atoms with van der Waals surface area (Å²) in [6.07, 6.45) is 0.906. The number of hydrogen-bond donors (Lipinski definition) is 0. The highest BCUT2D eigenvalue weighted by Crippen LogP contribution is 2.17. The third-order valence-corrected chi connectivity index (χ3v) is 2.40. The average Bonchev–Trinajstić information content (AvgIpc) is 1.98. The zero-order valence-corrected chi connectivity index (χ0v) is 9.16. The standard InChI is InChI=1S/C8H10ClFSi/c9-8-2-1-7(10)5-6(8)3-4-11/h1-2,5H,3-4H2,11H3. The summed E-state index contributed by atoms with van der Waals surface area (Å²) in [6, 6.07) is 5.64. The maximum absolute atomic E-state index is 12.6. The van der Waals surface area contributed by atoms with Gasteiger partial charge in [-0.25, -0.2) is 4.39 Å². The topological polar surface area (TPSA) is 0 Å². The van der Waals surface area contributed by atoms with Crippen LogP contribution in [0.1, 0.15) is 5.56 Å². The van der Waals surface area contributed by atoms with Gasteiger partial charge in [-0.3, -0.25) is 0 Å². The van der Waals surface area contributed by atoms with Gasteiger partial charge in [0.15, 0.2) is 0 Å². The predicted molar refractivity (Wildman–Crippen MR) is 49.9 cm³/mol. The summed E-state index contributed by atoms with van der Waals surface area (Å²) < 4.78 is 12.6. The van der Waals surface area contributed by atoms with E-state index in [4.69, 9.17) is 11.6 Å². The first kappa shape index (κ1) is 8.75. The maximum Gasteiger partial charge on any atom is 0.123 e. The lowest BCUT2D eigenvalue weighted by molar-refractivity contribution is 0.626. The minimum absolute atomic E-state index is 0.195. The SMILES string of the molecule is Fc1ccc(Cl)c(CC[SiH3])c1. The molecule has 0 aliphatic heterocycles. The minimum atomic E-state index is -0.195. The zero-order chi connectivity index (χ0) is 8.27. The van der Waals surface area contributed by atoms with Crippen LogP contribution < -0.4 is 0 Å². The van der Waals surface area contributed by atoms with E-state index in [-0.39, 0.29) is 5.82 Å². The fourth-order valence-electron chi connectivity index (χ4n) is 1.00. The van der Waals surface area contributed by atoms with Gasteiger partial charge < -0.3 is 0 Å². The lowest BCUT2D eigenvalue weighted by Gasteiger charge is -2.00. The molecule has 0 N–H and O–H groups in total. The van der Waals surface area contributed by atoms with Crippen molar-refractivity contribution in [2.45, 2.75) is 12.5 Å². The van der Waals surface area contributed by atoms with Crippen LogP contribution in [0.5, 0.6) is 0 Å². The van der Waals surface area contributed by atoms with Crippen molar-refractivity contribution in [3.63, 3.8) is 0 Å². The van der Waals surface area contributed by atoms with E-state index in [9.17, 15) is 4.39 Å². The average molecular weight is 189 g/mol. The van der Waals surface area contributed by atoms with E-state index in [1.807, 2.05) is 0 Å². The number of rotatable bonds is 2. The summed E-state index contributed by atoms with van der Waals surface area (Å²) in [7, 11) is 1.14. The summed E-state index contributed by atoms with van der Waals surface area (Å²) >= 11 is 5.82. The molecule has 1 rings (SSSR count). The summed E-state index contributed by atoms with van der Waals surface area (Å²) in [4.78, 5) is 0. The fraction of sp³-hybridized carbons (Fsp3) is 0.250. The molecule has 0 fully saturated rings. The van der Waals surface area contributed by atoms with Gasteiger partial charge >= 0.3 is 0 Å². The smallest absolute Gasteiger partial charge is 0.123 e. The molecule has 0 aromatic heterocycles. The van der Waals surface area contributed by atoms with E-state index in [2.05, 4.69) is 0 Å². The molecule has 0 nitrogen and oxygen atoms in total. The quantitative estimate of drug-likeness (QED) is 0.622. The van der Waals surface area contributed by atoms with Crippen LogP contribution in [0.15, 0.2) is 18.2 Å². The molecule has 0 aliphatic carbocycles. The number of aryl methyl sites for hydroxylation is 1. The highest BCUT2D eigenvalue weighted by molar-refractivity contribution is 6.31. The van der Waals surface area contributed by atoms with Crippen LogP contribution in [0.4, 0.5) is 4.39 Å². The van der Waals surface area contributed by atoms with Crippen LogP contribution in [0, 0.1) is 5.82 Å². The Hall–Kier alpha value is -0.343. The third-order valence-electron chi connectivity index (χ3n) is 1.53. The second-order valence-corrected chi connectivity index (χ2v) is 3.89. The molecule has 0 saturated heterocycles. The van der Waals surface area contributed by atoms with Crippen molar-refractivity contribution in [3.8, 4) is 0 Å². The molecular formula is C8H10ClFSi. The van der Waals surface area contributed by atoms with E-state index in [1.165, 1.54) is 12.1 Å². The van der Waals surface area contributed by atoms with Crippen molar-refractivity contribution >= 4 is 21.8 Å². The van der Waals surface area contributed by atoms with Crippen molar-refractivity contribution < 1.29 is 4.39 Å². The minimum Gasteiger partial charge on any atom is -0.207 e. The molecule has 1 aromatic rings. The van der Waals surface area contributed by atoms with Crippen LogP contribution in [-0.4, -0.2) is 10.2 Å². The molecule has 0 aliphatic rings. The summed E-state index contributed by atoms with van der Waals surface area (Å²) in [5.74, 6) is -0.195. The largest absolute Gasteiger partial charge is 0.207 e. The Labute approximate surface area is 73.8 Å². The second-order valence-electron chi connectivity index (χ2n) is 2.49. The van der Waals surface area contributed by atoms with Crippen molar-refractivity contribution in [2.24, 2.45) is 0 Å². The van der Waals surface area contributed by atoms with E-state index < -0.39 is 0 Å². The van der Waals surface area contributed by atoms with Crippen LogP contribution in [-0.2, 0) is 6.42 Å². The molecule has 0 spiro atoms. The van der Waals surface area contributed by atoms with Crippen LogP contribution >= 0.6 is 11.6 Å². The lowest BCUT2D eigenvalue weighted by Crippen LogP contribution is -1.87. The Morgan fingerprint density at radius 2 is 2.18 bits per heavy atom. The van der Waals surface area contributed by atoms with Crippen LogP contribution in [0.25, 0.3) is 0 Å². The lowest BCUT2D eigenvalue weighted by atomic mass is 10.2. The number of benzene rings is 1. The van der Waals surface area contributed by atoms with Gasteiger partial charge in [0.2, 0.25) is 0 Å². The highest BCUT2D eigenvalue weighted by Gasteiger charge is 1.99. The molecule has 0 heterocycles. The van der Waals surface area contributed by atoms with Crippen LogP contribution in [0.3, 0.4) is 0 Å². The van der Waals surface area contributed by atoms with E-state index >= 15 is 0 Å². The molecule has 11 heavy (non-hydrogen) atoms. The van der Waals surface area contributed by atoms with E-state index in [0.29, 0.717) is 5.02 Å². The molecular weight excluding hydrogens is 179 g/mol. The Bertz CT molecular complexity index is 250. The first-order valence-electron chi connectivity index (χ1n) is 3.68. The second kappa shape index (κ2) is 3.88. The first-order chi connectivity index (χ1) is 5.24. The van der Waals surface area contributed by atoms with Crippen molar-refractivity contribution in [1.82, 2.24) is 0 Å². The van der Waals surface area contributed by atoms with Gasteiger partial charge in [0, 0.05) is 15.3 Å². The van der Waals surface area contributed by atoms with Gasteiger partial charge in [0.25, 0.3) is 0 Å². The zero-order valence-electron chi connectivity index (χ0n) is 6.40. The summed E-state index contributed by atoms with van der Waals surface area (Å²) in [5.41, 5.74) is 0.932. The monoisotopic (exact) mass is 188 g/mol. The Morgan fingerprint density at radius 3 is 2.82 bits per heavy atom. The number of halogens is 2. The van der Waals surface area contributed by atoms with Gasteiger partial charge in [-0.2, -0.15) is 0 Å². The molecule has 0 bridgehead atoms. The van der Waals surface area contributed by atoms with Gasteiger partial charge in [-0.05, 0) is 30.2 Å². The van der Waals surface area contributed by atoms with Gasteiger partial charge in [-0.15, -0.1) is 0 Å². The molecule has 0 amide bonds. The molecule has 1 aromatic carbocycles. The Kier molecular flexibility index (Phi) is 3.09. The van der Waals surface area contributed by atoms with Gasteiger partial charge in [-0.1, -0.05) is 17.6 Å². The third kappa shape index (κ3) is 2.31. The molecule has 0 radical (unpaired) electrons. The normalized spacial score (nSPS) is 10.4. The van der Waals surface area contributed by atoms with E-state index in [1.54, 1.807) is 6.07 Å². The van der Waals surface area contributed by atoms with Crippen molar-refractivity contribution in [2.75, 3.05) is 0 Å². The van der Waals surface area contributed by atoms with Crippen molar-refractivity contribution in [3.05, 3.63) is 34.6 Å². The maximum atomic E-state index is 12.6.